The molecule has 13 heavy (non-hydrogen) atoms. The lowest BCUT2D eigenvalue weighted by Crippen LogP contribution is -2.10. The van der Waals surface area contributed by atoms with Crippen LogP contribution >= 0.6 is 0 Å². The summed E-state index contributed by atoms with van der Waals surface area (Å²) < 4.78 is 0. The SMILES string of the molecule is C=C(C=NC)/C=C\C(C)=C/C(C)N. The van der Waals surface area contributed by atoms with E-state index < -0.39 is 0 Å². The Hall–Kier alpha value is -1.15. The van der Waals surface area contributed by atoms with E-state index in [1.54, 1.807) is 13.3 Å². The zero-order chi connectivity index (χ0) is 10.3. The third kappa shape index (κ3) is 7.22. The predicted octanol–water partition coefficient (Wildman–Crippen LogP) is 2.09. The molecule has 0 aromatic rings. The predicted molar refractivity (Wildman–Crippen MR) is 60.1 cm³/mol. The van der Waals surface area contributed by atoms with Gasteiger partial charge in [0.2, 0.25) is 0 Å². The van der Waals surface area contributed by atoms with Crippen molar-refractivity contribution in [2.75, 3.05) is 7.05 Å². The number of rotatable bonds is 4. The Kier molecular flexibility index (Phi) is 5.81. The summed E-state index contributed by atoms with van der Waals surface area (Å²) in [5.41, 5.74) is 7.63. The molecule has 0 saturated heterocycles. The van der Waals surface area contributed by atoms with E-state index in [0.717, 1.165) is 11.1 Å². The van der Waals surface area contributed by atoms with E-state index >= 15 is 0 Å². The highest BCUT2D eigenvalue weighted by molar-refractivity contribution is 5.81. The van der Waals surface area contributed by atoms with E-state index in [0.29, 0.717) is 0 Å². The first-order chi connectivity index (χ1) is 6.06. The second-order valence-corrected chi connectivity index (χ2v) is 3.07. The zero-order valence-corrected chi connectivity index (χ0v) is 8.62. The molecule has 0 saturated carbocycles. The van der Waals surface area contributed by atoms with E-state index in [2.05, 4.69) is 11.6 Å². The lowest BCUT2D eigenvalue weighted by molar-refractivity contribution is 0.918. The number of aliphatic imine (C=N–C) groups is 1. The first kappa shape index (κ1) is 11.8. The molecule has 72 valence electrons. The lowest BCUT2D eigenvalue weighted by Gasteiger charge is -1.97. The summed E-state index contributed by atoms with van der Waals surface area (Å²) in [4.78, 5) is 3.85. The van der Waals surface area contributed by atoms with Gasteiger partial charge in [0.25, 0.3) is 0 Å². The average molecular weight is 178 g/mol. The van der Waals surface area contributed by atoms with Crippen LogP contribution in [-0.4, -0.2) is 19.3 Å². The van der Waals surface area contributed by atoms with Gasteiger partial charge in [0, 0.05) is 19.3 Å². The van der Waals surface area contributed by atoms with Gasteiger partial charge in [-0.25, -0.2) is 0 Å². The number of nitrogens with two attached hydrogens (primary N) is 1. The molecule has 0 rings (SSSR count). The normalized spacial score (nSPS) is 15.5. The van der Waals surface area contributed by atoms with Crippen molar-refractivity contribution in [3.05, 3.63) is 36.0 Å². The minimum Gasteiger partial charge on any atom is -0.325 e. The molecule has 0 aromatic carbocycles. The maximum Gasteiger partial charge on any atom is 0.0277 e. The van der Waals surface area contributed by atoms with Crippen molar-refractivity contribution >= 4 is 6.21 Å². The molecule has 0 aromatic heterocycles. The lowest BCUT2D eigenvalue weighted by atomic mass is 10.2. The molecule has 2 nitrogen and oxygen atoms in total. The zero-order valence-electron chi connectivity index (χ0n) is 8.62. The van der Waals surface area contributed by atoms with E-state index in [1.165, 1.54) is 0 Å². The van der Waals surface area contributed by atoms with Crippen LogP contribution in [0.3, 0.4) is 0 Å². The molecule has 1 atom stereocenters. The van der Waals surface area contributed by atoms with Gasteiger partial charge in [-0.2, -0.15) is 0 Å². The van der Waals surface area contributed by atoms with E-state index in [-0.39, 0.29) is 6.04 Å². The number of nitrogens with zero attached hydrogens (tertiary/aromatic N) is 1. The average Bonchev–Trinajstić information content (AvgIpc) is 2.00. The Morgan fingerprint density at radius 2 is 2.08 bits per heavy atom. The highest BCUT2D eigenvalue weighted by Crippen LogP contribution is 1.99. The van der Waals surface area contributed by atoms with Gasteiger partial charge in [-0.05, 0) is 19.4 Å². The minimum atomic E-state index is 0.0951. The molecular formula is C11H18N2. The van der Waals surface area contributed by atoms with Gasteiger partial charge >= 0.3 is 0 Å². The minimum absolute atomic E-state index is 0.0951. The summed E-state index contributed by atoms with van der Waals surface area (Å²) in [6.45, 7) is 7.76. The molecule has 0 fully saturated rings. The summed E-state index contributed by atoms with van der Waals surface area (Å²) in [6.07, 6.45) is 7.61. The fourth-order valence-corrected chi connectivity index (χ4v) is 0.918. The summed E-state index contributed by atoms with van der Waals surface area (Å²) in [5.74, 6) is 0. The largest absolute Gasteiger partial charge is 0.325 e. The van der Waals surface area contributed by atoms with Crippen molar-refractivity contribution < 1.29 is 0 Å². The van der Waals surface area contributed by atoms with Gasteiger partial charge in [-0.1, -0.05) is 30.4 Å². The highest BCUT2D eigenvalue weighted by atomic mass is 14.6. The monoisotopic (exact) mass is 178 g/mol. The number of allylic oxidation sites excluding steroid dienone is 4. The molecule has 2 heteroatoms. The topological polar surface area (TPSA) is 38.4 Å². The molecule has 0 bridgehead atoms. The summed E-state index contributed by atoms with van der Waals surface area (Å²) >= 11 is 0. The molecule has 2 N–H and O–H groups in total. The van der Waals surface area contributed by atoms with Crippen molar-refractivity contribution in [3.8, 4) is 0 Å². The van der Waals surface area contributed by atoms with Crippen LogP contribution in [0.1, 0.15) is 13.8 Å². The van der Waals surface area contributed by atoms with E-state index in [1.807, 2.05) is 32.1 Å². The summed E-state index contributed by atoms with van der Waals surface area (Å²) in [5, 5.41) is 0. The van der Waals surface area contributed by atoms with Crippen LogP contribution in [0.2, 0.25) is 0 Å². The fraction of sp³-hybridized carbons (Fsp3) is 0.364. The van der Waals surface area contributed by atoms with Gasteiger partial charge in [-0.15, -0.1) is 0 Å². The molecule has 0 amide bonds. The van der Waals surface area contributed by atoms with Crippen LogP contribution in [0.4, 0.5) is 0 Å². The van der Waals surface area contributed by atoms with Gasteiger partial charge < -0.3 is 5.73 Å². The molecule has 0 heterocycles. The second kappa shape index (κ2) is 6.38. The third-order valence-electron chi connectivity index (χ3n) is 1.38. The fourth-order valence-electron chi connectivity index (χ4n) is 0.918. The van der Waals surface area contributed by atoms with Crippen molar-refractivity contribution in [3.63, 3.8) is 0 Å². The quantitative estimate of drug-likeness (QED) is 0.519. The molecule has 0 aliphatic carbocycles. The summed E-state index contributed by atoms with van der Waals surface area (Å²) in [7, 11) is 1.73. The van der Waals surface area contributed by atoms with Crippen molar-refractivity contribution in [2.24, 2.45) is 10.7 Å². The molecule has 1 unspecified atom stereocenters. The maximum absolute atomic E-state index is 5.60. The number of hydrogen-bond acceptors (Lipinski definition) is 2. The first-order valence-corrected chi connectivity index (χ1v) is 4.29. The van der Waals surface area contributed by atoms with Crippen LogP contribution in [0.25, 0.3) is 0 Å². The van der Waals surface area contributed by atoms with Crippen LogP contribution in [0.15, 0.2) is 40.9 Å². The molecule has 0 radical (unpaired) electrons. The second-order valence-electron chi connectivity index (χ2n) is 3.07. The van der Waals surface area contributed by atoms with Crippen LogP contribution in [-0.2, 0) is 0 Å². The van der Waals surface area contributed by atoms with Gasteiger partial charge in [-0.3, -0.25) is 4.99 Å². The highest BCUT2D eigenvalue weighted by Gasteiger charge is 1.87. The van der Waals surface area contributed by atoms with Crippen LogP contribution in [0.5, 0.6) is 0 Å². The first-order valence-electron chi connectivity index (χ1n) is 4.29. The van der Waals surface area contributed by atoms with Crippen molar-refractivity contribution in [2.45, 2.75) is 19.9 Å². The smallest absolute Gasteiger partial charge is 0.0277 e. The summed E-state index contributed by atoms with van der Waals surface area (Å²) in [6, 6.07) is 0.0951. The third-order valence-corrected chi connectivity index (χ3v) is 1.38. The van der Waals surface area contributed by atoms with E-state index in [9.17, 15) is 0 Å². The Morgan fingerprint density at radius 3 is 2.54 bits per heavy atom. The maximum atomic E-state index is 5.60. The standard InChI is InChI=1S/C11H18N2/c1-9(7-11(3)12)5-6-10(2)8-13-4/h5-8,11H,2,12H2,1,3-4H3/b6-5-,9-7-,13-8?. The van der Waals surface area contributed by atoms with E-state index in [4.69, 9.17) is 5.73 Å². The van der Waals surface area contributed by atoms with Gasteiger partial charge in [0.05, 0.1) is 0 Å². The number of hydrogen-bond donors (Lipinski definition) is 1. The van der Waals surface area contributed by atoms with Crippen molar-refractivity contribution in [1.82, 2.24) is 0 Å². The molecule has 0 aliphatic rings. The van der Waals surface area contributed by atoms with Gasteiger partial charge in [0.1, 0.15) is 0 Å². The Bertz CT molecular complexity index is 245. The molecule has 0 spiro atoms. The molecule has 0 aliphatic heterocycles. The molecular weight excluding hydrogens is 160 g/mol. The Labute approximate surface area is 80.6 Å². The van der Waals surface area contributed by atoms with Crippen molar-refractivity contribution in [1.29, 1.82) is 0 Å². The van der Waals surface area contributed by atoms with Crippen LogP contribution in [0, 0.1) is 0 Å². The van der Waals surface area contributed by atoms with Gasteiger partial charge in [0.15, 0.2) is 0 Å². The Morgan fingerprint density at radius 1 is 1.46 bits per heavy atom. The Balaban J connectivity index is 4.19. The van der Waals surface area contributed by atoms with Crippen LogP contribution < -0.4 is 5.73 Å².